The summed E-state index contributed by atoms with van der Waals surface area (Å²) in [4.78, 5) is 3.60. The molecule has 1 saturated heterocycles. The molecule has 6 heteroatoms. The average molecular weight is 413 g/mol. The van der Waals surface area contributed by atoms with Gasteiger partial charge in [0.2, 0.25) is 0 Å². The maximum absolute atomic E-state index is 11.7. The van der Waals surface area contributed by atoms with E-state index in [0.717, 1.165) is 46.8 Å². The van der Waals surface area contributed by atoms with Crippen molar-refractivity contribution in [3.8, 4) is 11.3 Å². The highest BCUT2D eigenvalue weighted by Gasteiger charge is 2.19. The molecule has 4 rings (SSSR count). The van der Waals surface area contributed by atoms with E-state index in [1.54, 1.807) is 7.11 Å². The van der Waals surface area contributed by atoms with Crippen molar-refractivity contribution in [3.05, 3.63) is 54.1 Å². The first-order valence-electron chi connectivity index (χ1n) is 10.1. The van der Waals surface area contributed by atoms with Crippen molar-refractivity contribution in [3.63, 3.8) is 0 Å². The summed E-state index contributed by atoms with van der Waals surface area (Å²) < 4.78 is 22.5. The summed E-state index contributed by atoms with van der Waals surface area (Å²) in [5.41, 5.74) is 5.60. The van der Waals surface area contributed by atoms with Gasteiger partial charge in [-0.05, 0) is 42.2 Å². The number of rotatable bonds is 8. The maximum Gasteiger partial charge on any atom is 0.0719 e. The van der Waals surface area contributed by atoms with E-state index in [1.165, 1.54) is 10.9 Å². The number of anilines is 1. The molecule has 1 aliphatic rings. The molecular weight excluding hydrogens is 384 g/mol. The summed E-state index contributed by atoms with van der Waals surface area (Å²) in [6.07, 6.45) is 1.88. The molecule has 0 atom stereocenters. The highest BCUT2D eigenvalue weighted by molar-refractivity contribution is 7.85. The van der Waals surface area contributed by atoms with Crippen LogP contribution in [-0.2, 0) is 26.9 Å². The summed E-state index contributed by atoms with van der Waals surface area (Å²) in [5.74, 6) is 1.56. The first-order chi connectivity index (χ1) is 14.2. The maximum atomic E-state index is 11.7. The van der Waals surface area contributed by atoms with Crippen LogP contribution in [0.2, 0.25) is 0 Å². The molecule has 1 aromatic heterocycles. The monoisotopic (exact) mass is 412 g/mol. The fraction of sp³-hybridized carbons (Fsp3) is 0.391. The summed E-state index contributed by atoms with van der Waals surface area (Å²) in [6, 6.07) is 17.3. The third-order valence-corrected chi connectivity index (χ3v) is 6.70. The molecule has 0 unspecified atom stereocenters. The number of aromatic amines is 1. The molecule has 0 aliphatic carbocycles. The first-order valence-corrected chi connectivity index (χ1v) is 11.6. The second-order valence-corrected chi connectivity index (χ2v) is 9.16. The number of H-pyrrole nitrogens is 1. The average Bonchev–Trinajstić information content (AvgIpc) is 3.18. The lowest BCUT2D eigenvalue weighted by Crippen LogP contribution is -2.29. The first kappa shape index (κ1) is 20.1. The summed E-state index contributed by atoms with van der Waals surface area (Å²) in [7, 11) is 1.02. The lowest BCUT2D eigenvalue weighted by molar-refractivity contribution is 0.0617. The Hall–Kier alpha value is -2.15. The number of nitrogens with one attached hydrogen (secondary N) is 2. The highest BCUT2D eigenvalue weighted by Crippen LogP contribution is 2.31. The number of fused-ring (bicyclic) bond motifs is 1. The molecule has 5 nitrogen and oxygen atoms in total. The minimum Gasteiger partial charge on any atom is -0.382 e. The number of aromatic nitrogens is 1. The quantitative estimate of drug-likeness (QED) is 0.541. The van der Waals surface area contributed by atoms with E-state index < -0.39 is 10.8 Å². The Kier molecular flexibility index (Phi) is 6.64. The van der Waals surface area contributed by atoms with Crippen LogP contribution in [0, 0.1) is 0 Å². The Morgan fingerprint density at radius 2 is 1.90 bits per heavy atom. The molecule has 0 radical (unpaired) electrons. The van der Waals surface area contributed by atoms with Crippen LogP contribution in [0.5, 0.6) is 0 Å². The van der Waals surface area contributed by atoms with Crippen LogP contribution in [0.3, 0.4) is 0 Å². The molecule has 0 spiro atoms. The van der Waals surface area contributed by atoms with Gasteiger partial charge in [0.1, 0.15) is 0 Å². The number of hydrogen-bond donors (Lipinski definition) is 2. The van der Waals surface area contributed by atoms with Crippen LogP contribution in [0.1, 0.15) is 18.4 Å². The molecule has 0 bridgehead atoms. The Bertz CT molecular complexity index is 961. The van der Waals surface area contributed by atoms with E-state index in [-0.39, 0.29) is 0 Å². The van der Waals surface area contributed by atoms with Gasteiger partial charge in [-0.1, -0.05) is 30.3 Å². The van der Waals surface area contributed by atoms with Gasteiger partial charge in [-0.15, -0.1) is 0 Å². The Morgan fingerprint density at radius 3 is 2.66 bits per heavy atom. The molecule has 3 aromatic rings. The number of ether oxygens (including phenoxy) is 2. The lowest BCUT2D eigenvalue weighted by atomic mass is 10.1. The number of benzene rings is 2. The van der Waals surface area contributed by atoms with Crippen molar-refractivity contribution in [2.75, 3.05) is 37.1 Å². The molecular formula is C23H28N2O3S. The van der Waals surface area contributed by atoms with Gasteiger partial charge in [0, 0.05) is 46.5 Å². The van der Waals surface area contributed by atoms with Gasteiger partial charge < -0.3 is 19.8 Å². The molecule has 2 N–H and O–H groups in total. The molecule has 29 heavy (non-hydrogen) atoms. The van der Waals surface area contributed by atoms with Gasteiger partial charge >= 0.3 is 0 Å². The molecule has 2 heterocycles. The zero-order valence-electron chi connectivity index (χ0n) is 16.8. The zero-order valence-corrected chi connectivity index (χ0v) is 17.6. The van der Waals surface area contributed by atoms with Crippen LogP contribution in [0.4, 0.5) is 5.69 Å². The second-order valence-electron chi connectivity index (χ2n) is 7.47. The fourth-order valence-electron chi connectivity index (χ4n) is 3.77. The molecule has 0 amide bonds. The predicted octanol–water partition coefficient (Wildman–Crippen LogP) is 4.32. The van der Waals surface area contributed by atoms with Gasteiger partial charge in [0.15, 0.2) is 0 Å². The van der Waals surface area contributed by atoms with Crippen LogP contribution in [-0.4, -0.2) is 47.1 Å². The Morgan fingerprint density at radius 1 is 1.10 bits per heavy atom. The fourth-order valence-corrected chi connectivity index (χ4v) is 5.07. The van der Waals surface area contributed by atoms with Crippen molar-refractivity contribution in [1.82, 2.24) is 4.98 Å². The molecule has 2 aromatic carbocycles. The molecule has 0 saturated carbocycles. The minimum atomic E-state index is -0.657. The Balaban J connectivity index is 1.63. The third kappa shape index (κ3) is 5.07. The lowest BCUT2D eigenvalue weighted by Gasteiger charge is -2.24. The molecule has 1 fully saturated rings. The standard InChI is InChI=1S/C23H28N2O3S/c1-27-9-10-28-16-17-13-19-15-21(18-5-3-2-4-6-18)25-23(19)22(14-17)24-20-7-11-29(26)12-8-20/h2-6,13-15,20,24-25H,7-12,16H2,1H3. The smallest absolute Gasteiger partial charge is 0.0719 e. The minimum absolute atomic E-state index is 0.351. The summed E-state index contributed by atoms with van der Waals surface area (Å²) >= 11 is 0. The van der Waals surface area contributed by atoms with Crippen LogP contribution < -0.4 is 5.32 Å². The predicted molar refractivity (Wildman–Crippen MR) is 120 cm³/mol. The van der Waals surface area contributed by atoms with Gasteiger partial charge in [-0.3, -0.25) is 4.21 Å². The van der Waals surface area contributed by atoms with Gasteiger partial charge in [0.05, 0.1) is 31.0 Å². The van der Waals surface area contributed by atoms with Gasteiger partial charge in [0.25, 0.3) is 0 Å². The number of hydrogen-bond acceptors (Lipinski definition) is 4. The second kappa shape index (κ2) is 9.57. The van der Waals surface area contributed by atoms with Crippen molar-refractivity contribution >= 4 is 27.4 Å². The summed E-state index contributed by atoms with van der Waals surface area (Å²) in [6.45, 7) is 1.72. The van der Waals surface area contributed by atoms with E-state index in [1.807, 2.05) is 6.07 Å². The summed E-state index contributed by atoms with van der Waals surface area (Å²) in [5, 5.41) is 4.87. The van der Waals surface area contributed by atoms with E-state index in [4.69, 9.17) is 9.47 Å². The molecule has 1 aliphatic heterocycles. The van der Waals surface area contributed by atoms with Crippen molar-refractivity contribution in [2.45, 2.75) is 25.5 Å². The Labute approximate surface area is 174 Å². The number of methoxy groups -OCH3 is 1. The topological polar surface area (TPSA) is 63.4 Å². The van der Waals surface area contributed by atoms with E-state index in [2.05, 4.69) is 52.8 Å². The normalized spacial score (nSPS) is 19.5. The van der Waals surface area contributed by atoms with Crippen molar-refractivity contribution in [2.24, 2.45) is 0 Å². The van der Waals surface area contributed by atoms with Gasteiger partial charge in [-0.25, -0.2) is 0 Å². The molecule has 154 valence electrons. The van der Waals surface area contributed by atoms with Gasteiger partial charge in [-0.2, -0.15) is 0 Å². The van der Waals surface area contributed by atoms with Crippen molar-refractivity contribution in [1.29, 1.82) is 0 Å². The van der Waals surface area contributed by atoms with Crippen LogP contribution in [0.25, 0.3) is 22.2 Å². The largest absolute Gasteiger partial charge is 0.382 e. The third-order valence-electron chi connectivity index (χ3n) is 5.32. The van der Waals surface area contributed by atoms with Crippen LogP contribution in [0.15, 0.2) is 48.5 Å². The zero-order chi connectivity index (χ0) is 20.1. The van der Waals surface area contributed by atoms with Crippen molar-refractivity contribution < 1.29 is 13.7 Å². The van der Waals surface area contributed by atoms with E-state index in [0.29, 0.717) is 25.9 Å². The SMILES string of the molecule is COCCOCc1cc(NC2CCS(=O)CC2)c2[nH]c(-c3ccccc3)cc2c1. The van der Waals surface area contributed by atoms with E-state index in [9.17, 15) is 4.21 Å². The highest BCUT2D eigenvalue weighted by atomic mass is 32.2. The van der Waals surface area contributed by atoms with Crippen LogP contribution >= 0.6 is 0 Å². The van der Waals surface area contributed by atoms with E-state index >= 15 is 0 Å².